The predicted molar refractivity (Wildman–Crippen MR) is 72.1 cm³/mol. The van der Waals surface area contributed by atoms with Crippen LogP contribution in [0, 0.1) is 0 Å². The van der Waals surface area contributed by atoms with Crippen molar-refractivity contribution in [2.75, 3.05) is 18.4 Å². The van der Waals surface area contributed by atoms with Crippen LogP contribution in [0.1, 0.15) is 24.1 Å². The highest BCUT2D eigenvalue weighted by molar-refractivity contribution is 5.94. The molecule has 0 unspecified atom stereocenters. The molecule has 0 saturated carbocycles. The lowest BCUT2D eigenvalue weighted by molar-refractivity contribution is 0.668. The number of anilines is 1. The van der Waals surface area contributed by atoms with E-state index in [1.165, 1.54) is 24.1 Å². The smallest absolute Gasteiger partial charge is 0.195 e. The summed E-state index contributed by atoms with van der Waals surface area (Å²) in [5.41, 5.74) is 3.72. The molecule has 0 saturated heterocycles. The van der Waals surface area contributed by atoms with Crippen LogP contribution < -0.4 is 10.6 Å². The second-order valence-corrected chi connectivity index (χ2v) is 4.32. The molecular weight excluding hydrogens is 236 g/mol. The van der Waals surface area contributed by atoms with Gasteiger partial charge in [-0.05, 0) is 37.3 Å². The van der Waals surface area contributed by atoms with Crippen molar-refractivity contribution in [3.8, 4) is 0 Å². The Morgan fingerprint density at radius 3 is 2.94 bits per heavy atom. The lowest BCUT2D eigenvalue weighted by Crippen LogP contribution is -2.26. The first-order chi connectivity index (χ1) is 7.92. The van der Waals surface area contributed by atoms with Gasteiger partial charge in [-0.15, -0.1) is 12.4 Å². The number of hydrogen-bond donors (Lipinski definition) is 2. The number of guanidine groups is 1. The van der Waals surface area contributed by atoms with Crippen molar-refractivity contribution in [2.45, 2.75) is 25.7 Å². The topological polar surface area (TPSA) is 49.3 Å². The Bertz CT molecular complexity index is 431. The second-order valence-electron chi connectivity index (χ2n) is 4.32. The van der Waals surface area contributed by atoms with E-state index in [0.29, 0.717) is 0 Å². The molecule has 2 N–H and O–H groups in total. The number of aliphatic imine (C=N–C) groups is 1. The Labute approximate surface area is 107 Å². The fourth-order valence-electron chi connectivity index (χ4n) is 2.27. The lowest BCUT2D eigenvalue weighted by atomic mass is 9.96. The van der Waals surface area contributed by atoms with Crippen molar-refractivity contribution in [3.05, 3.63) is 23.5 Å². The number of nitrogens with zero attached hydrogens (tertiary/aromatic N) is 2. The summed E-state index contributed by atoms with van der Waals surface area (Å²) < 4.78 is 0. The molecule has 2 heterocycles. The van der Waals surface area contributed by atoms with E-state index in [4.69, 9.17) is 0 Å². The first-order valence-electron chi connectivity index (χ1n) is 5.95. The Morgan fingerprint density at radius 1 is 1.24 bits per heavy atom. The van der Waals surface area contributed by atoms with Crippen LogP contribution in [0.4, 0.5) is 5.69 Å². The fraction of sp³-hybridized carbons (Fsp3) is 0.500. The lowest BCUT2D eigenvalue weighted by Gasteiger charge is -2.16. The van der Waals surface area contributed by atoms with Crippen molar-refractivity contribution in [1.29, 1.82) is 0 Å². The van der Waals surface area contributed by atoms with Gasteiger partial charge in [-0.25, -0.2) is 0 Å². The van der Waals surface area contributed by atoms with E-state index in [1.54, 1.807) is 0 Å². The van der Waals surface area contributed by atoms with Crippen molar-refractivity contribution in [1.82, 2.24) is 10.3 Å². The summed E-state index contributed by atoms with van der Waals surface area (Å²) in [6.07, 6.45) is 6.78. The number of halogens is 1. The van der Waals surface area contributed by atoms with Gasteiger partial charge in [0.2, 0.25) is 0 Å². The number of aromatic nitrogens is 1. The predicted octanol–water partition coefficient (Wildman–Crippen LogP) is 1.75. The first-order valence-corrected chi connectivity index (χ1v) is 5.95. The first kappa shape index (κ1) is 12.2. The molecule has 0 aromatic carbocycles. The van der Waals surface area contributed by atoms with Crippen molar-refractivity contribution >= 4 is 24.1 Å². The standard InChI is InChI=1S/C12H16N4.ClH/c1-2-4-11-9(3-1)7-10(8-15-11)16-12-13-5-6-14-12;/h7-8H,1-6H2,(H2,13,14,16);1H. The fourth-order valence-corrected chi connectivity index (χ4v) is 2.27. The van der Waals surface area contributed by atoms with Crippen LogP contribution in [-0.4, -0.2) is 24.0 Å². The molecule has 17 heavy (non-hydrogen) atoms. The van der Waals surface area contributed by atoms with E-state index in [9.17, 15) is 0 Å². The van der Waals surface area contributed by atoms with Crippen LogP contribution in [0.15, 0.2) is 17.3 Å². The second kappa shape index (κ2) is 5.36. The maximum absolute atomic E-state index is 4.52. The van der Waals surface area contributed by atoms with E-state index in [-0.39, 0.29) is 12.4 Å². The summed E-state index contributed by atoms with van der Waals surface area (Å²) >= 11 is 0. The van der Waals surface area contributed by atoms with Gasteiger partial charge in [-0.2, -0.15) is 0 Å². The van der Waals surface area contributed by atoms with Crippen LogP contribution in [0.3, 0.4) is 0 Å². The third-order valence-electron chi connectivity index (χ3n) is 3.11. The molecular formula is C12H17ClN4. The third-order valence-corrected chi connectivity index (χ3v) is 3.11. The Kier molecular flexibility index (Phi) is 3.84. The molecule has 92 valence electrons. The summed E-state index contributed by atoms with van der Waals surface area (Å²) in [4.78, 5) is 8.83. The Balaban J connectivity index is 0.00000108. The number of nitrogens with one attached hydrogen (secondary N) is 2. The maximum Gasteiger partial charge on any atom is 0.195 e. The van der Waals surface area contributed by atoms with Crippen LogP contribution in [-0.2, 0) is 12.8 Å². The average Bonchev–Trinajstić information content (AvgIpc) is 2.82. The minimum atomic E-state index is 0. The molecule has 0 amide bonds. The van der Waals surface area contributed by atoms with E-state index in [2.05, 4.69) is 26.7 Å². The summed E-state index contributed by atoms with van der Waals surface area (Å²) in [7, 11) is 0. The minimum Gasteiger partial charge on any atom is -0.354 e. The van der Waals surface area contributed by atoms with E-state index >= 15 is 0 Å². The Morgan fingerprint density at radius 2 is 2.12 bits per heavy atom. The highest BCUT2D eigenvalue weighted by Gasteiger charge is 2.12. The highest BCUT2D eigenvalue weighted by Crippen LogP contribution is 2.21. The minimum absolute atomic E-state index is 0. The quantitative estimate of drug-likeness (QED) is 0.801. The molecule has 2 aliphatic rings. The molecule has 0 bridgehead atoms. The maximum atomic E-state index is 4.52. The highest BCUT2D eigenvalue weighted by atomic mass is 35.5. The summed E-state index contributed by atoms with van der Waals surface area (Å²) in [6, 6.07) is 2.21. The van der Waals surface area contributed by atoms with Crippen LogP contribution in [0.25, 0.3) is 0 Å². The van der Waals surface area contributed by atoms with Crippen LogP contribution >= 0.6 is 12.4 Å². The van der Waals surface area contributed by atoms with Gasteiger partial charge in [0.1, 0.15) is 0 Å². The zero-order valence-electron chi connectivity index (χ0n) is 9.70. The van der Waals surface area contributed by atoms with Gasteiger partial charge in [0, 0.05) is 12.2 Å². The number of fused-ring (bicyclic) bond motifs is 1. The van der Waals surface area contributed by atoms with Gasteiger partial charge >= 0.3 is 0 Å². The van der Waals surface area contributed by atoms with Crippen molar-refractivity contribution in [3.63, 3.8) is 0 Å². The van der Waals surface area contributed by atoms with Crippen LogP contribution in [0.2, 0.25) is 0 Å². The molecule has 1 aromatic heterocycles. The molecule has 0 spiro atoms. The van der Waals surface area contributed by atoms with Gasteiger partial charge in [0.25, 0.3) is 0 Å². The third kappa shape index (κ3) is 2.69. The summed E-state index contributed by atoms with van der Waals surface area (Å²) in [5.74, 6) is 0.873. The van der Waals surface area contributed by atoms with Gasteiger partial charge in [-0.3, -0.25) is 9.98 Å². The molecule has 0 radical (unpaired) electrons. The summed E-state index contributed by atoms with van der Waals surface area (Å²) in [5, 5.41) is 6.46. The molecule has 1 aliphatic carbocycles. The molecule has 1 aromatic rings. The zero-order valence-corrected chi connectivity index (χ0v) is 10.5. The number of aryl methyl sites for hydroxylation is 2. The average molecular weight is 253 g/mol. The van der Waals surface area contributed by atoms with Gasteiger partial charge in [0.15, 0.2) is 5.96 Å². The molecule has 0 atom stereocenters. The number of pyridine rings is 1. The number of rotatable bonds is 1. The van der Waals surface area contributed by atoms with Crippen LogP contribution in [0.5, 0.6) is 0 Å². The van der Waals surface area contributed by atoms with Crippen molar-refractivity contribution < 1.29 is 0 Å². The number of hydrogen-bond acceptors (Lipinski definition) is 4. The molecule has 5 heteroatoms. The van der Waals surface area contributed by atoms with Gasteiger partial charge in [0.05, 0.1) is 18.4 Å². The largest absolute Gasteiger partial charge is 0.354 e. The van der Waals surface area contributed by atoms with E-state index in [1.807, 2.05) is 6.20 Å². The van der Waals surface area contributed by atoms with Crippen molar-refractivity contribution in [2.24, 2.45) is 4.99 Å². The summed E-state index contributed by atoms with van der Waals surface area (Å²) in [6.45, 7) is 1.79. The van der Waals surface area contributed by atoms with Gasteiger partial charge < -0.3 is 10.6 Å². The van der Waals surface area contributed by atoms with E-state index in [0.717, 1.165) is 37.6 Å². The molecule has 4 nitrogen and oxygen atoms in total. The Hall–Kier alpha value is -1.29. The zero-order chi connectivity index (χ0) is 10.8. The molecule has 1 aliphatic heterocycles. The molecule has 3 rings (SSSR count). The molecule has 0 fully saturated rings. The SMILES string of the molecule is Cl.c1nc2c(cc1NC1=NCCN1)CCCC2. The van der Waals surface area contributed by atoms with E-state index < -0.39 is 0 Å². The normalized spacial score (nSPS) is 17.5. The van der Waals surface area contributed by atoms with Gasteiger partial charge in [-0.1, -0.05) is 0 Å². The monoisotopic (exact) mass is 252 g/mol.